The quantitative estimate of drug-likeness (QED) is 0.413. The SMILES string of the molecule is CC(C)CCC(C)CC(C)CCC(C)C1CCCC(C)CC1.O. The van der Waals surface area contributed by atoms with Gasteiger partial charge in [-0.15, -0.1) is 0 Å². The van der Waals surface area contributed by atoms with Crippen molar-refractivity contribution in [3.8, 4) is 0 Å². The molecule has 1 heteroatoms. The van der Waals surface area contributed by atoms with Crippen LogP contribution in [0.4, 0.5) is 0 Å². The average molecular weight is 327 g/mol. The Morgan fingerprint density at radius 1 is 0.739 bits per heavy atom. The molecule has 0 aromatic carbocycles. The lowest BCUT2D eigenvalue weighted by molar-refractivity contribution is 0.267. The van der Waals surface area contributed by atoms with Crippen molar-refractivity contribution in [3.05, 3.63) is 0 Å². The van der Waals surface area contributed by atoms with Crippen molar-refractivity contribution < 1.29 is 5.48 Å². The highest BCUT2D eigenvalue weighted by molar-refractivity contribution is 4.73. The fourth-order valence-electron chi connectivity index (χ4n) is 4.41. The third-order valence-electron chi connectivity index (χ3n) is 6.26. The molecule has 1 aliphatic carbocycles. The van der Waals surface area contributed by atoms with Gasteiger partial charge in [-0.3, -0.25) is 0 Å². The standard InChI is InChI=1S/C22H44.H2O/c1-17(2)10-11-19(4)16-20(5)12-14-21(6)22-9-7-8-18(3)13-15-22;/h17-22H,7-16H2,1-6H3;1H2. The Morgan fingerprint density at radius 3 is 1.96 bits per heavy atom. The summed E-state index contributed by atoms with van der Waals surface area (Å²) in [5, 5.41) is 0. The summed E-state index contributed by atoms with van der Waals surface area (Å²) < 4.78 is 0. The molecule has 1 fully saturated rings. The molecule has 0 bridgehead atoms. The summed E-state index contributed by atoms with van der Waals surface area (Å²) in [6.45, 7) is 14.7. The van der Waals surface area contributed by atoms with Gasteiger partial charge in [-0.2, -0.15) is 0 Å². The topological polar surface area (TPSA) is 31.5 Å². The monoisotopic (exact) mass is 326 g/mol. The highest BCUT2D eigenvalue weighted by atomic mass is 16.0. The van der Waals surface area contributed by atoms with Crippen LogP contribution in [-0.4, -0.2) is 5.48 Å². The zero-order valence-electron chi connectivity index (χ0n) is 17.0. The lowest BCUT2D eigenvalue weighted by Gasteiger charge is -2.25. The number of rotatable bonds is 9. The second-order valence-electron chi connectivity index (χ2n) is 9.35. The third kappa shape index (κ3) is 10.4. The summed E-state index contributed by atoms with van der Waals surface area (Å²) in [5.41, 5.74) is 0. The first kappa shape index (κ1) is 23.0. The second kappa shape index (κ2) is 12.3. The van der Waals surface area contributed by atoms with Crippen molar-refractivity contribution in [2.45, 2.75) is 106 Å². The summed E-state index contributed by atoms with van der Waals surface area (Å²) in [6, 6.07) is 0. The molecule has 2 N–H and O–H groups in total. The van der Waals surface area contributed by atoms with Gasteiger partial charge in [0.2, 0.25) is 0 Å². The maximum Gasteiger partial charge on any atom is -0.0388 e. The van der Waals surface area contributed by atoms with Gasteiger partial charge in [0.15, 0.2) is 0 Å². The van der Waals surface area contributed by atoms with E-state index < -0.39 is 0 Å². The van der Waals surface area contributed by atoms with Gasteiger partial charge in [-0.1, -0.05) is 92.9 Å². The Balaban J connectivity index is 0.00000484. The lowest BCUT2D eigenvalue weighted by atomic mass is 9.81. The van der Waals surface area contributed by atoms with Crippen LogP contribution < -0.4 is 0 Å². The Morgan fingerprint density at radius 2 is 1.35 bits per heavy atom. The van der Waals surface area contributed by atoms with E-state index in [0.717, 1.165) is 35.5 Å². The molecule has 0 amide bonds. The molecule has 0 aromatic rings. The first-order chi connectivity index (χ1) is 10.4. The van der Waals surface area contributed by atoms with Crippen LogP contribution in [-0.2, 0) is 0 Å². The zero-order chi connectivity index (χ0) is 16.5. The molecule has 0 radical (unpaired) electrons. The molecule has 1 rings (SSSR count). The summed E-state index contributed by atoms with van der Waals surface area (Å²) in [6.07, 6.45) is 14.7. The summed E-state index contributed by atoms with van der Waals surface area (Å²) in [5.74, 6) is 5.68. The minimum Gasteiger partial charge on any atom is -0.412 e. The molecule has 0 spiro atoms. The average Bonchev–Trinajstić information content (AvgIpc) is 2.67. The van der Waals surface area contributed by atoms with Crippen molar-refractivity contribution in [2.24, 2.45) is 35.5 Å². The van der Waals surface area contributed by atoms with Gasteiger partial charge < -0.3 is 5.48 Å². The predicted molar refractivity (Wildman–Crippen MR) is 105 cm³/mol. The molecule has 0 heterocycles. The van der Waals surface area contributed by atoms with Crippen LogP contribution in [0.3, 0.4) is 0 Å². The fraction of sp³-hybridized carbons (Fsp3) is 1.00. The number of hydrogen-bond acceptors (Lipinski definition) is 0. The maximum absolute atomic E-state index is 2.54. The molecule has 1 nitrogen and oxygen atoms in total. The first-order valence-corrected chi connectivity index (χ1v) is 10.4. The van der Waals surface area contributed by atoms with Gasteiger partial charge in [0.1, 0.15) is 0 Å². The molecule has 0 aliphatic heterocycles. The Hall–Kier alpha value is -0.0400. The molecule has 5 unspecified atom stereocenters. The van der Waals surface area contributed by atoms with Crippen molar-refractivity contribution in [2.75, 3.05) is 0 Å². The Labute approximate surface area is 147 Å². The van der Waals surface area contributed by atoms with E-state index in [1.807, 2.05) is 0 Å². The third-order valence-corrected chi connectivity index (χ3v) is 6.26. The van der Waals surface area contributed by atoms with E-state index in [0.29, 0.717) is 0 Å². The lowest BCUT2D eigenvalue weighted by Crippen LogP contribution is -2.13. The normalized spacial score (nSPS) is 26.2. The molecule has 140 valence electrons. The van der Waals surface area contributed by atoms with Gasteiger partial charge in [-0.05, 0) is 48.3 Å². The Bertz CT molecular complexity index is 273. The maximum atomic E-state index is 2.54. The number of hydrogen-bond donors (Lipinski definition) is 0. The van der Waals surface area contributed by atoms with Crippen LogP contribution in [0.5, 0.6) is 0 Å². The molecule has 0 aromatic heterocycles. The minimum absolute atomic E-state index is 0. The van der Waals surface area contributed by atoms with Crippen LogP contribution in [0.1, 0.15) is 106 Å². The molecule has 5 atom stereocenters. The minimum atomic E-state index is 0. The van der Waals surface area contributed by atoms with Crippen LogP contribution in [0.25, 0.3) is 0 Å². The highest BCUT2D eigenvalue weighted by Gasteiger charge is 2.22. The van der Waals surface area contributed by atoms with Gasteiger partial charge in [0, 0.05) is 0 Å². The van der Waals surface area contributed by atoms with Gasteiger partial charge in [0.25, 0.3) is 0 Å². The first-order valence-electron chi connectivity index (χ1n) is 10.4. The van der Waals surface area contributed by atoms with Gasteiger partial charge in [0.05, 0.1) is 0 Å². The van der Waals surface area contributed by atoms with Crippen molar-refractivity contribution in [3.63, 3.8) is 0 Å². The molecular formula is C22H46O. The van der Waals surface area contributed by atoms with Crippen LogP contribution in [0.15, 0.2) is 0 Å². The van der Waals surface area contributed by atoms with E-state index in [1.54, 1.807) is 0 Å². The van der Waals surface area contributed by atoms with E-state index in [-0.39, 0.29) is 5.48 Å². The van der Waals surface area contributed by atoms with Gasteiger partial charge in [-0.25, -0.2) is 0 Å². The summed E-state index contributed by atoms with van der Waals surface area (Å²) in [7, 11) is 0. The van der Waals surface area contributed by atoms with Crippen molar-refractivity contribution >= 4 is 0 Å². The second-order valence-corrected chi connectivity index (χ2v) is 9.35. The molecule has 1 saturated carbocycles. The smallest absolute Gasteiger partial charge is 0.0388 e. The van der Waals surface area contributed by atoms with Gasteiger partial charge >= 0.3 is 0 Å². The van der Waals surface area contributed by atoms with Crippen LogP contribution >= 0.6 is 0 Å². The molecular weight excluding hydrogens is 280 g/mol. The molecule has 1 aliphatic rings. The molecule has 23 heavy (non-hydrogen) atoms. The van der Waals surface area contributed by atoms with E-state index in [4.69, 9.17) is 0 Å². The van der Waals surface area contributed by atoms with E-state index >= 15 is 0 Å². The van der Waals surface area contributed by atoms with Crippen LogP contribution in [0.2, 0.25) is 0 Å². The van der Waals surface area contributed by atoms with E-state index in [2.05, 4.69) is 41.5 Å². The zero-order valence-corrected chi connectivity index (χ0v) is 17.0. The highest BCUT2D eigenvalue weighted by Crippen LogP contribution is 2.34. The molecule has 0 saturated heterocycles. The van der Waals surface area contributed by atoms with Crippen molar-refractivity contribution in [1.29, 1.82) is 0 Å². The van der Waals surface area contributed by atoms with Crippen molar-refractivity contribution in [1.82, 2.24) is 0 Å². The predicted octanol–water partition coefficient (Wildman–Crippen LogP) is 6.89. The van der Waals surface area contributed by atoms with E-state index in [9.17, 15) is 0 Å². The Kier molecular flexibility index (Phi) is 12.3. The van der Waals surface area contributed by atoms with Crippen LogP contribution in [0, 0.1) is 35.5 Å². The fourth-order valence-corrected chi connectivity index (χ4v) is 4.41. The van der Waals surface area contributed by atoms with E-state index in [1.165, 1.54) is 64.2 Å². The largest absolute Gasteiger partial charge is 0.412 e. The summed E-state index contributed by atoms with van der Waals surface area (Å²) in [4.78, 5) is 0. The summed E-state index contributed by atoms with van der Waals surface area (Å²) >= 11 is 0.